The van der Waals surface area contributed by atoms with Crippen molar-refractivity contribution in [1.82, 2.24) is 9.55 Å². The molecule has 2 aromatic heterocycles. The molecule has 0 aliphatic carbocycles. The summed E-state index contributed by atoms with van der Waals surface area (Å²) in [6.45, 7) is 0.453. The number of carbonyl (C=O) groups is 2. The van der Waals surface area contributed by atoms with Crippen molar-refractivity contribution < 1.29 is 23.8 Å². The van der Waals surface area contributed by atoms with Gasteiger partial charge in [-0.05, 0) is 42.3 Å². The van der Waals surface area contributed by atoms with E-state index in [1.54, 1.807) is 16.7 Å². The molecule has 1 N–H and O–H groups in total. The largest absolute Gasteiger partial charge is 0.478 e. The van der Waals surface area contributed by atoms with E-state index in [-0.39, 0.29) is 16.9 Å². The molecule has 0 bridgehead atoms. The number of aromatic carboxylic acids is 1. The number of allylic oxidation sites excluding steroid dienone is 1. The Morgan fingerprint density at radius 3 is 2.89 bits per heavy atom. The molecule has 0 amide bonds. The molecule has 0 fully saturated rings. The van der Waals surface area contributed by atoms with Gasteiger partial charge in [-0.3, -0.25) is 9.36 Å². The number of hydrogen-bond acceptors (Lipinski definition) is 6. The molecule has 0 atom stereocenters. The van der Waals surface area contributed by atoms with Crippen LogP contribution in [-0.4, -0.2) is 33.7 Å². The summed E-state index contributed by atoms with van der Waals surface area (Å²) in [5, 5.41) is 9.52. The predicted molar refractivity (Wildman–Crippen MR) is 95.5 cm³/mol. The van der Waals surface area contributed by atoms with Crippen LogP contribution < -0.4 is 5.56 Å². The summed E-state index contributed by atoms with van der Waals surface area (Å²) in [6.07, 6.45) is 3.66. The van der Waals surface area contributed by atoms with Gasteiger partial charge in [0.05, 0.1) is 29.8 Å². The molecule has 8 heteroatoms. The lowest BCUT2D eigenvalue weighted by Crippen LogP contribution is -2.21. The Bertz CT molecular complexity index is 1180. The molecule has 1 aliphatic heterocycles. The molecule has 3 aromatic rings. The molecule has 0 saturated carbocycles. The van der Waals surface area contributed by atoms with E-state index >= 15 is 0 Å². The summed E-state index contributed by atoms with van der Waals surface area (Å²) in [5.41, 5.74) is 1.43. The number of hydrogen-bond donors (Lipinski definition) is 1. The van der Waals surface area contributed by atoms with Crippen LogP contribution in [0.2, 0.25) is 0 Å². The average Bonchev–Trinajstić information content (AvgIpc) is 3.29. The van der Waals surface area contributed by atoms with Gasteiger partial charge in [-0.1, -0.05) is 0 Å². The van der Waals surface area contributed by atoms with Crippen molar-refractivity contribution >= 4 is 34.5 Å². The number of methoxy groups -OCH3 is 1. The van der Waals surface area contributed by atoms with E-state index < -0.39 is 11.9 Å². The summed E-state index contributed by atoms with van der Waals surface area (Å²) >= 11 is 0. The Balaban J connectivity index is 1.87. The molecule has 4 rings (SSSR count). The number of fused-ring (bicyclic) bond motifs is 2. The summed E-state index contributed by atoms with van der Waals surface area (Å²) < 4.78 is 11.4. The van der Waals surface area contributed by atoms with Gasteiger partial charge in [-0.2, -0.15) is 0 Å². The van der Waals surface area contributed by atoms with Crippen molar-refractivity contribution in [2.24, 2.45) is 0 Å². The van der Waals surface area contributed by atoms with Crippen LogP contribution >= 0.6 is 0 Å². The number of carboxylic acid groups (broad SMARTS) is 1. The van der Waals surface area contributed by atoms with Gasteiger partial charge in [0, 0.05) is 12.1 Å². The average molecular weight is 366 g/mol. The number of nitrogens with zero attached hydrogens (tertiary/aromatic N) is 2. The Morgan fingerprint density at radius 2 is 2.15 bits per heavy atom. The van der Waals surface area contributed by atoms with Gasteiger partial charge in [0.15, 0.2) is 0 Å². The molecule has 136 valence electrons. The Morgan fingerprint density at radius 1 is 1.33 bits per heavy atom. The summed E-state index contributed by atoms with van der Waals surface area (Å²) in [5.74, 6) is -1.16. The van der Waals surface area contributed by atoms with Crippen molar-refractivity contribution in [3.8, 4) is 0 Å². The maximum absolute atomic E-state index is 12.7. The third-order valence-corrected chi connectivity index (χ3v) is 4.49. The molecule has 0 saturated heterocycles. The molecule has 1 aromatic carbocycles. The van der Waals surface area contributed by atoms with E-state index in [4.69, 9.17) is 14.3 Å². The van der Waals surface area contributed by atoms with E-state index in [9.17, 15) is 14.4 Å². The van der Waals surface area contributed by atoms with Gasteiger partial charge in [-0.25, -0.2) is 14.6 Å². The third-order valence-electron chi connectivity index (χ3n) is 4.49. The Hall–Kier alpha value is -3.68. The van der Waals surface area contributed by atoms with Crippen LogP contribution in [0.3, 0.4) is 0 Å². The minimum atomic E-state index is -1.09. The first-order chi connectivity index (χ1) is 13.0. The number of carboxylic acids is 1. The van der Waals surface area contributed by atoms with Crippen LogP contribution in [0.5, 0.6) is 0 Å². The molecule has 0 spiro atoms. The zero-order chi connectivity index (χ0) is 19.1. The minimum Gasteiger partial charge on any atom is -0.478 e. The quantitative estimate of drug-likeness (QED) is 0.709. The molecular formula is C19H14N2O6. The number of ether oxygens (including phenoxy) is 1. The standard InChI is InChI=1S/C19H14N2O6/c1-26-19(25)15-10(5-7-27-15)8-11-4-6-21-16(11)20-14-9-12(18(23)24)2-3-13(14)17(21)22/h2-3,5,7-9H,4,6H2,1H3,(H,23,24)/b11-8+. The summed E-state index contributed by atoms with van der Waals surface area (Å²) in [4.78, 5) is 40.2. The monoisotopic (exact) mass is 366 g/mol. The zero-order valence-corrected chi connectivity index (χ0v) is 14.3. The van der Waals surface area contributed by atoms with E-state index in [0.29, 0.717) is 35.3 Å². The lowest BCUT2D eigenvalue weighted by atomic mass is 10.1. The van der Waals surface area contributed by atoms with E-state index in [1.165, 1.54) is 31.6 Å². The zero-order valence-electron chi connectivity index (χ0n) is 14.3. The predicted octanol–water partition coefficient (Wildman–Crippen LogP) is 2.42. The fraction of sp³-hybridized carbons (Fsp3) is 0.158. The van der Waals surface area contributed by atoms with Crippen molar-refractivity contribution in [3.63, 3.8) is 0 Å². The fourth-order valence-corrected chi connectivity index (χ4v) is 3.17. The highest BCUT2D eigenvalue weighted by atomic mass is 16.5. The maximum atomic E-state index is 12.7. The van der Waals surface area contributed by atoms with E-state index in [1.807, 2.05) is 0 Å². The molecule has 0 unspecified atom stereocenters. The van der Waals surface area contributed by atoms with E-state index in [2.05, 4.69) is 4.98 Å². The van der Waals surface area contributed by atoms with Crippen LogP contribution in [-0.2, 0) is 11.3 Å². The molecule has 0 radical (unpaired) electrons. The van der Waals surface area contributed by atoms with Gasteiger partial charge in [0.2, 0.25) is 5.76 Å². The normalized spacial score (nSPS) is 14.5. The highest BCUT2D eigenvalue weighted by Gasteiger charge is 2.23. The number of aromatic nitrogens is 2. The van der Waals surface area contributed by atoms with Crippen molar-refractivity contribution in [1.29, 1.82) is 0 Å². The van der Waals surface area contributed by atoms with Crippen LogP contribution in [0.15, 0.2) is 39.7 Å². The number of rotatable bonds is 3. The smallest absolute Gasteiger partial charge is 0.374 e. The lowest BCUT2D eigenvalue weighted by molar-refractivity contribution is 0.0564. The van der Waals surface area contributed by atoms with Crippen LogP contribution in [0.4, 0.5) is 0 Å². The van der Waals surface area contributed by atoms with Gasteiger partial charge in [0.1, 0.15) is 5.82 Å². The maximum Gasteiger partial charge on any atom is 0.374 e. The number of carbonyl (C=O) groups excluding carboxylic acids is 1. The molecule has 1 aliphatic rings. The molecular weight excluding hydrogens is 352 g/mol. The number of benzene rings is 1. The second kappa shape index (κ2) is 6.24. The van der Waals surface area contributed by atoms with Crippen molar-refractivity contribution in [2.45, 2.75) is 13.0 Å². The van der Waals surface area contributed by atoms with Gasteiger partial charge < -0.3 is 14.3 Å². The Kier molecular flexibility index (Phi) is 3.88. The first-order valence-electron chi connectivity index (χ1n) is 8.14. The van der Waals surface area contributed by atoms with Crippen LogP contribution in [0.1, 0.15) is 38.7 Å². The van der Waals surface area contributed by atoms with Gasteiger partial charge >= 0.3 is 11.9 Å². The van der Waals surface area contributed by atoms with Crippen molar-refractivity contribution in [2.75, 3.05) is 7.11 Å². The van der Waals surface area contributed by atoms with E-state index in [0.717, 1.165) is 5.57 Å². The third kappa shape index (κ3) is 2.71. The first-order valence-corrected chi connectivity index (χ1v) is 8.14. The second-order valence-corrected chi connectivity index (χ2v) is 6.05. The highest BCUT2D eigenvalue weighted by Crippen LogP contribution is 2.29. The second-order valence-electron chi connectivity index (χ2n) is 6.05. The molecule has 8 nitrogen and oxygen atoms in total. The number of furan rings is 1. The molecule has 3 heterocycles. The molecule has 27 heavy (non-hydrogen) atoms. The summed E-state index contributed by atoms with van der Waals surface area (Å²) in [6, 6.07) is 5.88. The minimum absolute atomic E-state index is 0.0608. The SMILES string of the molecule is COC(=O)c1occc1/C=C1\CCn2c1nc1cc(C(=O)O)ccc1c2=O. The number of esters is 1. The Labute approximate surface area is 152 Å². The highest BCUT2D eigenvalue weighted by molar-refractivity contribution is 5.95. The van der Waals surface area contributed by atoms with Gasteiger partial charge in [0.25, 0.3) is 5.56 Å². The first kappa shape index (κ1) is 16.8. The summed E-state index contributed by atoms with van der Waals surface area (Å²) in [7, 11) is 1.26. The lowest BCUT2D eigenvalue weighted by Gasteiger charge is -2.06. The topological polar surface area (TPSA) is 112 Å². The fourth-order valence-electron chi connectivity index (χ4n) is 3.17. The van der Waals surface area contributed by atoms with Gasteiger partial charge in [-0.15, -0.1) is 0 Å². The van der Waals surface area contributed by atoms with Crippen LogP contribution in [0.25, 0.3) is 22.6 Å². The van der Waals surface area contributed by atoms with Crippen molar-refractivity contribution in [3.05, 3.63) is 63.6 Å². The van der Waals surface area contributed by atoms with Crippen LogP contribution in [0, 0.1) is 0 Å².